The van der Waals surface area contributed by atoms with E-state index in [-0.39, 0.29) is 5.56 Å². The van der Waals surface area contributed by atoms with Crippen molar-refractivity contribution in [2.24, 2.45) is 0 Å². The summed E-state index contributed by atoms with van der Waals surface area (Å²) >= 11 is 0. The number of aromatic amines is 1. The highest BCUT2D eigenvalue weighted by Gasteiger charge is 2.20. The lowest BCUT2D eigenvalue weighted by Gasteiger charge is -2.32. The molecule has 0 amide bonds. The minimum Gasteiger partial charge on any atom is -0.383 e. The highest BCUT2D eigenvalue weighted by atomic mass is 16.5. The van der Waals surface area contributed by atoms with Crippen LogP contribution in [0.5, 0.6) is 0 Å². The molecule has 180 valence electrons. The molecule has 1 aromatic carbocycles. The van der Waals surface area contributed by atoms with Crippen LogP contribution in [0.2, 0.25) is 0 Å². The van der Waals surface area contributed by atoms with Crippen LogP contribution in [0.3, 0.4) is 0 Å². The Balaban J connectivity index is 1.38. The molecular formula is C27H30N6O2. The predicted octanol–water partition coefficient (Wildman–Crippen LogP) is 4.26. The number of aromatic nitrogens is 4. The standard InChI is InChI=1S/C27H30N6O2/c1-18-29-16-22(17-30-18)24-15-21-7-10-28-27(34)25(21)26(32-24)31-23-5-3-19(4-6-23)20-8-11-33(12-9-20)13-14-35-2/h3-7,10,15-17,20H,8-9,11-14H2,1-2H3,(H,28,34)(H,31,32). The number of fused-ring (bicyclic) bond motifs is 1. The van der Waals surface area contributed by atoms with Gasteiger partial charge in [-0.25, -0.2) is 15.0 Å². The van der Waals surface area contributed by atoms with Crippen LogP contribution in [0.15, 0.2) is 59.8 Å². The van der Waals surface area contributed by atoms with Gasteiger partial charge in [0.2, 0.25) is 0 Å². The van der Waals surface area contributed by atoms with Gasteiger partial charge in [-0.1, -0.05) is 12.1 Å². The molecule has 0 unspecified atom stereocenters. The number of benzene rings is 1. The molecule has 5 rings (SSSR count). The fraction of sp³-hybridized carbons (Fsp3) is 0.333. The monoisotopic (exact) mass is 470 g/mol. The zero-order valence-corrected chi connectivity index (χ0v) is 20.1. The third kappa shape index (κ3) is 5.23. The normalized spacial score (nSPS) is 14.9. The Bertz CT molecular complexity index is 1340. The number of H-pyrrole nitrogens is 1. The van der Waals surface area contributed by atoms with Crippen molar-refractivity contribution in [3.8, 4) is 11.3 Å². The quantitative estimate of drug-likeness (QED) is 0.417. The van der Waals surface area contributed by atoms with Crippen LogP contribution in [0.25, 0.3) is 22.0 Å². The van der Waals surface area contributed by atoms with Crippen molar-refractivity contribution in [2.75, 3.05) is 38.7 Å². The van der Waals surface area contributed by atoms with E-state index in [1.165, 1.54) is 5.56 Å². The number of anilines is 2. The summed E-state index contributed by atoms with van der Waals surface area (Å²) in [5.41, 5.74) is 3.57. The number of piperidine rings is 1. The molecule has 0 aliphatic carbocycles. The number of hydrogen-bond donors (Lipinski definition) is 2. The van der Waals surface area contributed by atoms with Crippen molar-refractivity contribution in [1.82, 2.24) is 24.8 Å². The van der Waals surface area contributed by atoms with Gasteiger partial charge in [-0.05, 0) is 74.0 Å². The van der Waals surface area contributed by atoms with Crippen molar-refractivity contribution < 1.29 is 4.74 Å². The van der Waals surface area contributed by atoms with E-state index >= 15 is 0 Å². The zero-order chi connectivity index (χ0) is 24.2. The Morgan fingerprint density at radius 3 is 2.57 bits per heavy atom. The molecule has 4 aromatic rings. The van der Waals surface area contributed by atoms with Crippen LogP contribution >= 0.6 is 0 Å². The topological polar surface area (TPSA) is 96.0 Å². The molecule has 2 N–H and O–H groups in total. The van der Waals surface area contributed by atoms with E-state index in [9.17, 15) is 4.79 Å². The van der Waals surface area contributed by atoms with E-state index in [0.29, 0.717) is 28.6 Å². The second-order valence-corrected chi connectivity index (χ2v) is 9.00. The second-order valence-electron chi connectivity index (χ2n) is 9.00. The van der Waals surface area contributed by atoms with Crippen LogP contribution in [0.1, 0.15) is 30.1 Å². The number of pyridine rings is 2. The summed E-state index contributed by atoms with van der Waals surface area (Å²) in [4.78, 5) is 31.3. The van der Waals surface area contributed by atoms with Gasteiger partial charge in [-0.2, -0.15) is 0 Å². The van der Waals surface area contributed by atoms with Gasteiger partial charge in [0, 0.05) is 43.5 Å². The van der Waals surface area contributed by atoms with Crippen molar-refractivity contribution >= 4 is 22.3 Å². The molecule has 1 saturated heterocycles. The van der Waals surface area contributed by atoms with Gasteiger partial charge in [0.25, 0.3) is 5.56 Å². The van der Waals surface area contributed by atoms with Gasteiger partial charge in [0.05, 0.1) is 17.7 Å². The predicted molar refractivity (Wildman–Crippen MR) is 138 cm³/mol. The largest absolute Gasteiger partial charge is 0.383 e. The van der Waals surface area contributed by atoms with Gasteiger partial charge in [0.15, 0.2) is 0 Å². The minimum absolute atomic E-state index is 0.180. The maximum absolute atomic E-state index is 12.7. The Labute approximate surface area is 204 Å². The van der Waals surface area contributed by atoms with E-state index < -0.39 is 0 Å². The Morgan fingerprint density at radius 1 is 1.11 bits per heavy atom. The summed E-state index contributed by atoms with van der Waals surface area (Å²) in [5, 5.41) is 4.70. The zero-order valence-electron chi connectivity index (χ0n) is 20.1. The van der Waals surface area contributed by atoms with Crippen molar-refractivity contribution in [1.29, 1.82) is 0 Å². The molecule has 0 radical (unpaired) electrons. The van der Waals surface area contributed by atoms with E-state index in [1.807, 2.05) is 19.1 Å². The van der Waals surface area contributed by atoms with Gasteiger partial charge in [-0.15, -0.1) is 0 Å². The number of ether oxygens (including phenoxy) is 1. The number of likely N-dealkylation sites (tertiary alicyclic amines) is 1. The lowest BCUT2D eigenvalue weighted by atomic mass is 9.89. The van der Waals surface area contributed by atoms with Gasteiger partial charge >= 0.3 is 0 Å². The smallest absolute Gasteiger partial charge is 0.259 e. The molecule has 0 atom stereocenters. The summed E-state index contributed by atoms with van der Waals surface area (Å²) in [5.74, 6) is 1.78. The maximum atomic E-state index is 12.7. The summed E-state index contributed by atoms with van der Waals surface area (Å²) in [7, 11) is 1.75. The van der Waals surface area contributed by atoms with Gasteiger partial charge in [0.1, 0.15) is 11.6 Å². The molecule has 1 aliphatic rings. The number of nitrogens with one attached hydrogen (secondary N) is 2. The number of aryl methyl sites for hydroxylation is 1. The van der Waals surface area contributed by atoms with Crippen molar-refractivity contribution in [3.05, 3.63) is 76.7 Å². The maximum Gasteiger partial charge on any atom is 0.259 e. The summed E-state index contributed by atoms with van der Waals surface area (Å²) in [6.45, 7) is 5.83. The lowest BCUT2D eigenvalue weighted by molar-refractivity contribution is 0.130. The minimum atomic E-state index is -0.180. The number of nitrogens with zero attached hydrogens (tertiary/aromatic N) is 4. The molecule has 0 spiro atoms. The van der Waals surface area contributed by atoms with Crippen LogP contribution in [0.4, 0.5) is 11.5 Å². The highest BCUT2D eigenvalue weighted by Crippen LogP contribution is 2.31. The van der Waals surface area contributed by atoms with Crippen molar-refractivity contribution in [2.45, 2.75) is 25.7 Å². The fourth-order valence-electron chi connectivity index (χ4n) is 4.66. The average Bonchev–Trinajstić information content (AvgIpc) is 2.88. The third-order valence-corrected chi connectivity index (χ3v) is 6.68. The van der Waals surface area contributed by atoms with E-state index in [2.05, 4.69) is 49.4 Å². The van der Waals surface area contributed by atoms with E-state index in [0.717, 1.165) is 55.7 Å². The number of methoxy groups -OCH3 is 1. The number of hydrogen-bond acceptors (Lipinski definition) is 7. The van der Waals surface area contributed by atoms with E-state index in [4.69, 9.17) is 9.72 Å². The number of rotatable bonds is 7. The Kier molecular flexibility index (Phi) is 6.83. The SMILES string of the molecule is COCCN1CCC(c2ccc(Nc3nc(-c4cnc(C)nc4)cc4cc[nH]c(=O)c34)cc2)CC1. The molecule has 0 saturated carbocycles. The molecule has 1 aliphatic heterocycles. The average molecular weight is 471 g/mol. The Hall–Kier alpha value is -3.62. The highest BCUT2D eigenvalue weighted by molar-refractivity contribution is 5.95. The fourth-order valence-corrected chi connectivity index (χ4v) is 4.66. The lowest BCUT2D eigenvalue weighted by Crippen LogP contribution is -2.35. The van der Waals surface area contributed by atoms with Crippen LogP contribution < -0.4 is 10.9 Å². The molecule has 35 heavy (non-hydrogen) atoms. The molecule has 8 nitrogen and oxygen atoms in total. The molecule has 4 heterocycles. The van der Waals surface area contributed by atoms with Crippen LogP contribution in [0, 0.1) is 6.92 Å². The van der Waals surface area contributed by atoms with Crippen LogP contribution in [-0.2, 0) is 4.74 Å². The van der Waals surface area contributed by atoms with E-state index in [1.54, 1.807) is 25.7 Å². The first-order valence-corrected chi connectivity index (χ1v) is 12.0. The first-order valence-electron chi connectivity index (χ1n) is 12.0. The molecule has 0 bridgehead atoms. The Morgan fingerprint density at radius 2 is 1.86 bits per heavy atom. The third-order valence-electron chi connectivity index (χ3n) is 6.68. The molecule has 8 heteroatoms. The summed E-state index contributed by atoms with van der Waals surface area (Å²) in [6, 6.07) is 12.3. The van der Waals surface area contributed by atoms with Gasteiger partial charge in [-0.3, -0.25) is 4.79 Å². The van der Waals surface area contributed by atoms with Crippen molar-refractivity contribution in [3.63, 3.8) is 0 Å². The second kappa shape index (κ2) is 10.3. The molecule has 3 aromatic heterocycles. The molecule has 1 fully saturated rings. The summed E-state index contributed by atoms with van der Waals surface area (Å²) < 4.78 is 5.21. The van der Waals surface area contributed by atoms with Crippen LogP contribution in [-0.4, -0.2) is 58.2 Å². The first kappa shape index (κ1) is 23.1. The first-order chi connectivity index (χ1) is 17.1. The van der Waals surface area contributed by atoms with Gasteiger partial charge < -0.3 is 19.9 Å². The summed E-state index contributed by atoms with van der Waals surface area (Å²) in [6.07, 6.45) is 7.46. The molecular weight excluding hydrogens is 440 g/mol.